The summed E-state index contributed by atoms with van der Waals surface area (Å²) in [6, 6.07) is 6.13. The summed E-state index contributed by atoms with van der Waals surface area (Å²) < 4.78 is 0. The minimum Gasteiger partial charge on any atom is -0.0988 e. The van der Waals surface area contributed by atoms with E-state index in [2.05, 4.69) is 31.7 Å². The summed E-state index contributed by atoms with van der Waals surface area (Å²) in [5.74, 6) is 0. The lowest BCUT2D eigenvalue weighted by Gasteiger charge is -2.03. The summed E-state index contributed by atoms with van der Waals surface area (Å²) in [5, 5.41) is 0.815. The smallest absolute Gasteiger partial charge is 0.0441 e. The molecule has 0 aliphatic heterocycles. The van der Waals surface area contributed by atoms with Crippen LogP contribution in [0.1, 0.15) is 25.0 Å². The van der Waals surface area contributed by atoms with Gasteiger partial charge in [0.05, 0.1) is 0 Å². The maximum absolute atomic E-state index is 6.09. The van der Waals surface area contributed by atoms with Crippen molar-refractivity contribution >= 4 is 17.2 Å². The molecule has 1 aromatic rings. The molecule has 0 atom stereocenters. The fourth-order valence-electron chi connectivity index (χ4n) is 1.26. The predicted octanol–water partition coefficient (Wildman–Crippen LogP) is 5.18. The lowest BCUT2D eigenvalue weighted by atomic mass is 10.0. The van der Waals surface area contributed by atoms with Crippen LogP contribution in [-0.4, -0.2) is 0 Å². The van der Waals surface area contributed by atoms with E-state index in [9.17, 15) is 0 Å². The minimum absolute atomic E-state index is 0.815. The zero-order valence-electron chi connectivity index (χ0n) is 10.0. The van der Waals surface area contributed by atoms with Crippen molar-refractivity contribution in [1.29, 1.82) is 0 Å². The zero-order valence-corrected chi connectivity index (χ0v) is 10.8. The van der Waals surface area contributed by atoms with Crippen LogP contribution in [0.25, 0.3) is 5.57 Å². The molecule has 1 aromatic carbocycles. The Labute approximate surface area is 103 Å². The molecule has 0 heterocycles. The molecule has 1 heteroatoms. The standard InChI is InChI=1S/C15H17Cl/c1-5-11(2)6-7-12(3)14-9-8-13(4)15(16)10-14/h5-10H,1H2,2-4H3/b11-6-,12-7+. The maximum Gasteiger partial charge on any atom is 0.0441 e. The van der Waals surface area contributed by atoms with Gasteiger partial charge in [-0.15, -0.1) is 0 Å². The van der Waals surface area contributed by atoms with Gasteiger partial charge in [-0.05, 0) is 43.5 Å². The number of hydrogen-bond donors (Lipinski definition) is 0. The Kier molecular flexibility index (Phi) is 4.57. The van der Waals surface area contributed by atoms with Gasteiger partial charge in [-0.2, -0.15) is 0 Å². The van der Waals surface area contributed by atoms with Gasteiger partial charge < -0.3 is 0 Å². The van der Waals surface area contributed by atoms with E-state index in [-0.39, 0.29) is 0 Å². The van der Waals surface area contributed by atoms with Crippen molar-refractivity contribution in [1.82, 2.24) is 0 Å². The van der Waals surface area contributed by atoms with E-state index in [1.807, 2.05) is 32.1 Å². The monoisotopic (exact) mass is 232 g/mol. The quantitative estimate of drug-likeness (QED) is 0.630. The van der Waals surface area contributed by atoms with E-state index in [1.165, 1.54) is 5.57 Å². The van der Waals surface area contributed by atoms with Gasteiger partial charge in [-0.3, -0.25) is 0 Å². The first-order valence-corrected chi connectivity index (χ1v) is 5.66. The van der Waals surface area contributed by atoms with Crippen LogP contribution in [0.2, 0.25) is 5.02 Å². The second-order valence-corrected chi connectivity index (χ2v) is 4.34. The average Bonchev–Trinajstić information content (AvgIpc) is 2.29. The first kappa shape index (κ1) is 12.8. The van der Waals surface area contributed by atoms with Gasteiger partial charge >= 0.3 is 0 Å². The van der Waals surface area contributed by atoms with Crippen molar-refractivity contribution in [2.45, 2.75) is 20.8 Å². The van der Waals surface area contributed by atoms with Crippen molar-refractivity contribution in [3.63, 3.8) is 0 Å². The molecule has 0 radical (unpaired) electrons. The molecule has 84 valence electrons. The highest BCUT2D eigenvalue weighted by atomic mass is 35.5. The third kappa shape index (κ3) is 3.39. The van der Waals surface area contributed by atoms with Crippen LogP contribution in [0.15, 0.2) is 48.6 Å². The molecule has 0 aliphatic rings. The van der Waals surface area contributed by atoms with Gasteiger partial charge in [-0.25, -0.2) is 0 Å². The number of benzene rings is 1. The van der Waals surface area contributed by atoms with Crippen molar-refractivity contribution in [2.24, 2.45) is 0 Å². The van der Waals surface area contributed by atoms with Gasteiger partial charge in [0, 0.05) is 5.02 Å². The highest BCUT2D eigenvalue weighted by Crippen LogP contribution is 2.22. The van der Waals surface area contributed by atoms with E-state index >= 15 is 0 Å². The van der Waals surface area contributed by atoms with Crippen molar-refractivity contribution in [3.05, 3.63) is 64.7 Å². The minimum atomic E-state index is 0.815. The normalized spacial score (nSPS) is 12.8. The van der Waals surface area contributed by atoms with Crippen LogP contribution in [0.3, 0.4) is 0 Å². The number of rotatable bonds is 3. The van der Waals surface area contributed by atoms with Gasteiger partial charge in [0.25, 0.3) is 0 Å². The number of aryl methyl sites for hydroxylation is 1. The van der Waals surface area contributed by atoms with Crippen LogP contribution in [0, 0.1) is 6.92 Å². The van der Waals surface area contributed by atoms with Crippen LogP contribution < -0.4 is 0 Å². The van der Waals surface area contributed by atoms with E-state index in [1.54, 1.807) is 0 Å². The topological polar surface area (TPSA) is 0 Å². The Morgan fingerprint density at radius 2 is 1.94 bits per heavy atom. The number of halogens is 1. The van der Waals surface area contributed by atoms with Gasteiger partial charge in [0.1, 0.15) is 0 Å². The molecule has 0 fully saturated rings. The lowest BCUT2D eigenvalue weighted by molar-refractivity contribution is 1.44. The lowest BCUT2D eigenvalue weighted by Crippen LogP contribution is -1.82. The van der Waals surface area contributed by atoms with Crippen LogP contribution >= 0.6 is 11.6 Å². The van der Waals surface area contributed by atoms with Crippen molar-refractivity contribution < 1.29 is 0 Å². The fourth-order valence-corrected chi connectivity index (χ4v) is 1.44. The summed E-state index contributed by atoms with van der Waals surface area (Å²) in [4.78, 5) is 0. The summed E-state index contributed by atoms with van der Waals surface area (Å²) in [7, 11) is 0. The van der Waals surface area contributed by atoms with Crippen LogP contribution in [0.5, 0.6) is 0 Å². The van der Waals surface area contributed by atoms with E-state index < -0.39 is 0 Å². The Morgan fingerprint density at radius 1 is 1.25 bits per heavy atom. The summed E-state index contributed by atoms with van der Waals surface area (Å²) in [6.07, 6.45) is 5.97. The third-order valence-electron chi connectivity index (χ3n) is 2.55. The highest BCUT2D eigenvalue weighted by Gasteiger charge is 1.98. The average molecular weight is 233 g/mol. The molecule has 0 spiro atoms. The molecule has 0 unspecified atom stereocenters. The first-order valence-electron chi connectivity index (χ1n) is 5.28. The molecule has 0 aromatic heterocycles. The Hall–Kier alpha value is -1.27. The summed E-state index contributed by atoms with van der Waals surface area (Å²) >= 11 is 6.09. The largest absolute Gasteiger partial charge is 0.0988 e. The zero-order chi connectivity index (χ0) is 12.1. The molecule has 0 saturated heterocycles. The molecular formula is C15H17Cl. The highest BCUT2D eigenvalue weighted by molar-refractivity contribution is 6.31. The fraction of sp³-hybridized carbons (Fsp3) is 0.200. The second kappa shape index (κ2) is 5.72. The number of hydrogen-bond acceptors (Lipinski definition) is 0. The summed E-state index contributed by atoms with van der Waals surface area (Å²) in [5.41, 5.74) is 4.61. The van der Waals surface area contributed by atoms with Gasteiger partial charge in [0.15, 0.2) is 0 Å². The molecule has 0 nitrogen and oxygen atoms in total. The molecule has 0 bridgehead atoms. The maximum atomic E-state index is 6.09. The molecule has 0 saturated carbocycles. The predicted molar refractivity (Wildman–Crippen MR) is 73.8 cm³/mol. The SMILES string of the molecule is C=C/C(C)=C\C=C(/C)c1ccc(C)c(Cl)c1. The molecule has 1 rings (SSSR count). The molecule has 0 amide bonds. The van der Waals surface area contributed by atoms with E-state index in [0.29, 0.717) is 0 Å². The van der Waals surface area contributed by atoms with Crippen LogP contribution in [-0.2, 0) is 0 Å². The molecule has 0 N–H and O–H groups in total. The molecule has 0 aliphatic carbocycles. The second-order valence-electron chi connectivity index (χ2n) is 3.93. The van der Waals surface area contributed by atoms with Crippen LogP contribution in [0.4, 0.5) is 0 Å². The third-order valence-corrected chi connectivity index (χ3v) is 2.95. The Morgan fingerprint density at radius 3 is 2.50 bits per heavy atom. The Balaban J connectivity index is 3.00. The van der Waals surface area contributed by atoms with E-state index in [0.717, 1.165) is 21.7 Å². The first-order chi connectivity index (χ1) is 7.54. The number of allylic oxidation sites excluding steroid dienone is 5. The van der Waals surface area contributed by atoms with Crippen molar-refractivity contribution in [2.75, 3.05) is 0 Å². The Bertz CT molecular complexity index is 451. The van der Waals surface area contributed by atoms with E-state index in [4.69, 9.17) is 11.6 Å². The summed E-state index contributed by atoms with van der Waals surface area (Å²) in [6.45, 7) is 9.83. The van der Waals surface area contributed by atoms with Gasteiger partial charge in [0.2, 0.25) is 0 Å². The molecule has 16 heavy (non-hydrogen) atoms. The van der Waals surface area contributed by atoms with Crippen molar-refractivity contribution in [3.8, 4) is 0 Å². The van der Waals surface area contributed by atoms with Gasteiger partial charge in [-0.1, -0.05) is 54.1 Å². The molecular weight excluding hydrogens is 216 g/mol.